The Labute approximate surface area is 77.6 Å². The second kappa shape index (κ2) is 4.67. The fourth-order valence-electron chi connectivity index (χ4n) is 1.28. The molecule has 0 aromatic carbocycles. The largest absolute Gasteiger partial charge is 0.381 e. The number of carbonyl (C=O) groups excluding carboxylic acids is 1. The summed E-state index contributed by atoms with van der Waals surface area (Å²) in [6.07, 6.45) is 0.853. The van der Waals surface area contributed by atoms with Crippen molar-refractivity contribution in [2.75, 3.05) is 32.7 Å². The Morgan fingerprint density at radius 3 is 3.00 bits per heavy atom. The van der Waals surface area contributed by atoms with E-state index in [1.807, 2.05) is 0 Å². The molecule has 0 aromatic rings. The van der Waals surface area contributed by atoms with Crippen molar-refractivity contribution in [1.82, 2.24) is 4.90 Å². The number of nitrogens with zero attached hydrogens (tertiary/aromatic N) is 1. The average Bonchev–Trinajstić information content (AvgIpc) is 2.55. The minimum Gasteiger partial charge on any atom is -0.381 e. The number of ether oxygens (including phenoxy) is 1. The van der Waals surface area contributed by atoms with Crippen LogP contribution in [0.1, 0.15) is 6.42 Å². The summed E-state index contributed by atoms with van der Waals surface area (Å²) in [5.41, 5.74) is 0. The van der Waals surface area contributed by atoms with Crippen LogP contribution in [0, 0.1) is 5.92 Å². The minimum atomic E-state index is 0.0678. The van der Waals surface area contributed by atoms with E-state index in [0.717, 1.165) is 6.42 Å². The van der Waals surface area contributed by atoms with E-state index >= 15 is 0 Å². The van der Waals surface area contributed by atoms with Crippen LogP contribution in [-0.2, 0) is 9.53 Å². The lowest BCUT2D eigenvalue weighted by Crippen LogP contribution is -2.34. The molecule has 3 nitrogen and oxygen atoms in total. The van der Waals surface area contributed by atoms with Gasteiger partial charge in [0.25, 0.3) is 0 Å². The van der Waals surface area contributed by atoms with Crippen LogP contribution >= 0.6 is 11.6 Å². The first kappa shape index (κ1) is 9.81. The summed E-state index contributed by atoms with van der Waals surface area (Å²) in [5.74, 6) is 0.724. The van der Waals surface area contributed by atoms with Crippen LogP contribution in [-0.4, -0.2) is 43.5 Å². The van der Waals surface area contributed by atoms with Gasteiger partial charge in [-0.1, -0.05) is 0 Å². The zero-order chi connectivity index (χ0) is 8.97. The predicted molar refractivity (Wildman–Crippen MR) is 47.3 cm³/mol. The number of alkyl halides is 1. The van der Waals surface area contributed by atoms with Crippen LogP contribution in [0.5, 0.6) is 0 Å². The van der Waals surface area contributed by atoms with Crippen LogP contribution in [0.15, 0.2) is 0 Å². The van der Waals surface area contributed by atoms with Crippen molar-refractivity contribution in [3.05, 3.63) is 0 Å². The molecule has 1 amide bonds. The number of halogens is 1. The molecule has 70 valence electrons. The summed E-state index contributed by atoms with van der Waals surface area (Å²) in [7, 11) is 1.78. The Balaban J connectivity index is 2.34. The van der Waals surface area contributed by atoms with Crippen molar-refractivity contribution in [3.8, 4) is 0 Å². The highest BCUT2D eigenvalue weighted by atomic mass is 35.5. The third-order valence-corrected chi connectivity index (χ3v) is 2.24. The van der Waals surface area contributed by atoms with E-state index in [2.05, 4.69) is 0 Å². The number of carbonyl (C=O) groups is 1. The van der Waals surface area contributed by atoms with Gasteiger partial charge in [-0.25, -0.2) is 0 Å². The maximum absolute atomic E-state index is 11.5. The summed E-state index contributed by atoms with van der Waals surface area (Å²) < 4.78 is 5.13. The van der Waals surface area contributed by atoms with E-state index in [1.165, 1.54) is 0 Å². The maximum Gasteiger partial charge on any atom is 0.227 e. The summed E-state index contributed by atoms with van der Waals surface area (Å²) >= 11 is 5.52. The molecule has 1 rings (SSSR count). The van der Waals surface area contributed by atoms with E-state index < -0.39 is 0 Å². The molecule has 0 N–H and O–H groups in total. The van der Waals surface area contributed by atoms with E-state index in [-0.39, 0.29) is 11.8 Å². The zero-order valence-corrected chi connectivity index (χ0v) is 8.01. The van der Waals surface area contributed by atoms with Crippen molar-refractivity contribution in [3.63, 3.8) is 0 Å². The van der Waals surface area contributed by atoms with Crippen LogP contribution in [0.2, 0.25) is 0 Å². The van der Waals surface area contributed by atoms with Crippen molar-refractivity contribution in [2.45, 2.75) is 6.42 Å². The van der Waals surface area contributed by atoms with Gasteiger partial charge < -0.3 is 9.64 Å². The van der Waals surface area contributed by atoms with E-state index in [1.54, 1.807) is 11.9 Å². The topological polar surface area (TPSA) is 29.5 Å². The fourth-order valence-corrected chi connectivity index (χ4v) is 1.53. The van der Waals surface area contributed by atoms with Gasteiger partial charge in [0, 0.05) is 26.1 Å². The summed E-state index contributed by atoms with van der Waals surface area (Å²) in [6, 6.07) is 0. The highest BCUT2D eigenvalue weighted by Gasteiger charge is 2.25. The molecule has 4 heteroatoms. The first-order valence-corrected chi connectivity index (χ1v) is 4.68. The molecular weight excluding hydrogens is 178 g/mol. The molecule has 1 aliphatic heterocycles. The first-order chi connectivity index (χ1) is 5.75. The Morgan fingerprint density at radius 2 is 2.50 bits per heavy atom. The lowest BCUT2D eigenvalue weighted by Gasteiger charge is -2.18. The van der Waals surface area contributed by atoms with Gasteiger partial charge in [-0.05, 0) is 6.42 Å². The lowest BCUT2D eigenvalue weighted by atomic mass is 10.1. The molecule has 0 aromatic heterocycles. The van der Waals surface area contributed by atoms with Crippen molar-refractivity contribution >= 4 is 17.5 Å². The van der Waals surface area contributed by atoms with Gasteiger partial charge in [0.2, 0.25) is 5.91 Å². The summed E-state index contributed by atoms with van der Waals surface area (Å²) in [4.78, 5) is 13.2. The molecule has 0 saturated carbocycles. The van der Waals surface area contributed by atoms with Crippen LogP contribution in [0.25, 0.3) is 0 Å². The zero-order valence-electron chi connectivity index (χ0n) is 7.25. The third-order valence-electron chi connectivity index (χ3n) is 2.08. The number of rotatable bonds is 3. The summed E-state index contributed by atoms with van der Waals surface area (Å²) in [5, 5.41) is 0. The Hall–Kier alpha value is -0.280. The van der Waals surface area contributed by atoms with Gasteiger partial charge in [0.05, 0.1) is 12.5 Å². The van der Waals surface area contributed by atoms with E-state index in [4.69, 9.17) is 16.3 Å². The molecule has 0 bridgehead atoms. The predicted octanol–water partition coefficient (Wildman–Crippen LogP) is 0.720. The molecule has 0 spiro atoms. The molecular formula is C8H14ClNO2. The number of amides is 1. The van der Waals surface area contributed by atoms with Gasteiger partial charge in [-0.15, -0.1) is 11.6 Å². The molecule has 1 fully saturated rings. The average molecular weight is 192 g/mol. The second-order valence-corrected chi connectivity index (χ2v) is 3.39. The third kappa shape index (κ3) is 2.35. The first-order valence-electron chi connectivity index (χ1n) is 4.14. The fraction of sp³-hybridized carbons (Fsp3) is 0.875. The van der Waals surface area contributed by atoms with Crippen molar-refractivity contribution < 1.29 is 9.53 Å². The van der Waals surface area contributed by atoms with Gasteiger partial charge >= 0.3 is 0 Å². The van der Waals surface area contributed by atoms with Crippen LogP contribution in [0.3, 0.4) is 0 Å². The van der Waals surface area contributed by atoms with Gasteiger partial charge in [0.1, 0.15) is 0 Å². The Bertz CT molecular complexity index is 157. The van der Waals surface area contributed by atoms with Crippen molar-refractivity contribution in [1.29, 1.82) is 0 Å². The molecule has 1 atom stereocenters. The Morgan fingerprint density at radius 1 is 1.75 bits per heavy atom. The van der Waals surface area contributed by atoms with Crippen LogP contribution < -0.4 is 0 Å². The lowest BCUT2D eigenvalue weighted by molar-refractivity contribution is -0.133. The molecule has 1 saturated heterocycles. The second-order valence-electron chi connectivity index (χ2n) is 3.01. The SMILES string of the molecule is CN(CCCl)C(=O)C1CCOC1. The normalized spacial score (nSPS) is 22.7. The van der Waals surface area contributed by atoms with Gasteiger partial charge in [0.15, 0.2) is 0 Å². The van der Waals surface area contributed by atoms with Gasteiger partial charge in [-0.2, -0.15) is 0 Å². The monoisotopic (exact) mass is 191 g/mol. The van der Waals surface area contributed by atoms with Gasteiger partial charge in [-0.3, -0.25) is 4.79 Å². The smallest absolute Gasteiger partial charge is 0.227 e. The Kier molecular flexibility index (Phi) is 3.82. The molecule has 1 aliphatic rings. The quantitative estimate of drug-likeness (QED) is 0.616. The minimum absolute atomic E-state index is 0.0678. The molecule has 0 aliphatic carbocycles. The number of hydrogen-bond acceptors (Lipinski definition) is 2. The van der Waals surface area contributed by atoms with E-state index in [9.17, 15) is 4.79 Å². The maximum atomic E-state index is 11.5. The van der Waals surface area contributed by atoms with E-state index in [0.29, 0.717) is 25.6 Å². The highest BCUT2D eigenvalue weighted by Crippen LogP contribution is 2.14. The van der Waals surface area contributed by atoms with Crippen LogP contribution in [0.4, 0.5) is 0 Å². The highest BCUT2D eigenvalue weighted by molar-refractivity contribution is 6.18. The number of hydrogen-bond donors (Lipinski definition) is 0. The molecule has 1 unspecified atom stereocenters. The standard InChI is InChI=1S/C8H14ClNO2/c1-10(4-3-9)8(11)7-2-5-12-6-7/h7H,2-6H2,1H3. The summed E-state index contributed by atoms with van der Waals surface area (Å²) in [6.45, 7) is 1.91. The molecule has 1 heterocycles. The molecule has 12 heavy (non-hydrogen) atoms. The molecule has 0 radical (unpaired) electrons. The van der Waals surface area contributed by atoms with Crippen molar-refractivity contribution in [2.24, 2.45) is 5.92 Å².